The first kappa shape index (κ1) is 22.1. The van der Waals surface area contributed by atoms with Crippen LogP contribution in [0.2, 0.25) is 0 Å². The number of hydrogen-bond acceptors (Lipinski definition) is 4. The Morgan fingerprint density at radius 1 is 0.969 bits per heavy atom. The molecule has 32 heavy (non-hydrogen) atoms. The van der Waals surface area contributed by atoms with Crippen LogP contribution >= 0.6 is 0 Å². The lowest BCUT2D eigenvalue weighted by atomic mass is 9.99. The van der Waals surface area contributed by atoms with Gasteiger partial charge in [0.2, 0.25) is 0 Å². The highest BCUT2D eigenvalue weighted by molar-refractivity contribution is 5.91. The number of amides is 1. The molecule has 0 saturated carbocycles. The third-order valence-corrected chi connectivity index (χ3v) is 5.87. The second-order valence-corrected chi connectivity index (χ2v) is 9.60. The zero-order chi connectivity index (χ0) is 22.9. The molecule has 0 spiro atoms. The summed E-state index contributed by atoms with van der Waals surface area (Å²) in [5, 5.41) is 2.44. The molecule has 168 valence electrons. The molecule has 2 aromatic carbocycles. The highest BCUT2D eigenvalue weighted by atomic mass is 16.6. The zero-order valence-electron chi connectivity index (χ0n) is 19.6. The number of rotatable bonds is 3. The van der Waals surface area contributed by atoms with Gasteiger partial charge < -0.3 is 14.4 Å². The fourth-order valence-corrected chi connectivity index (χ4v) is 4.10. The van der Waals surface area contributed by atoms with Crippen LogP contribution in [0.5, 0.6) is 5.75 Å². The Hall–Kier alpha value is -3.08. The van der Waals surface area contributed by atoms with Crippen molar-refractivity contribution in [3.8, 4) is 16.9 Å². The predicted octanol–water partition coefficient (Wildman–Crippen LogP) is 6.30. The molecule has 0 N–H and O–H groups in total. The second-order valence-electron chi connectivity index (χ2n) is 9.60. The van der Waals surface area contributed by atoms with E-state index in [4.69, 9.17) is 9.47 Å². The lowest BCUT2D eigenvalue weighted by Crippen LogP contribution is -2.44. The molecule has 4 rings (SSSR count). The van der Waals surface area contributed by atoms with Crippen molar-refractivity contribution in [3.05, 3.63) is 59.9 Å². The van der Waals surface area contributed by atoms with Gasteiger partial charge in [0.1, 0.15) is 17.5 Å². The molecule has 5 heteroatoms. The molecule has 0 radical (unpaired) electrons. The fourth-order valence-electron chi connectivity index (χ4n) is 4.10. The third kappa shape index (κ3) is 5.04. The molecule has 1 saturated heterocycles. The van der Waals surface area contributed by atoms with E-state index < -0.39 is 5.60 Å². The van der Waals surface area contributed by atoms with E-state index >= 15 is 0 Å². The Labute approximate surface area is 190 Å². The molecule has 1 aliphatic heterocycles. The Balaban J connectivity index is 1.38. The van der Waals surface area contributed by atoms with Gasteiger partial charge in [0.05, 0.1) is 0 Å². The van der Waals surface area contributed by atoms with Gasteiger partial charge >= 0.3 is 6.09 Å². The SMILES string of the molecule is Cc1cnc(C)c2ccc(-c3ccc(OC4CCN(C(=O)OC(C)(C)C)CC4)cc3)cc12. The van der Waals surface area contributed by atoms with Crippen LogP contribution in [0.15, 0.2) is 48.7 Å². The van der Waals surface area contributed by atoms with E-state index in [0.717, 1.165) is 29.8 Å². The number of nitrogens with zero attached hydrogens (tertiary/aromatic N) is 2. The van der Waals surface area contributed by atoms with E-state index in [1.807, 2.05) is 46.0 Å². The van der Waals surface area contributed by atoms with Crippen molar-refractivity contribution in [1.82, 2.24) is 9.88 Å². The number of carbonyl (C=O) groups excluding carboxylic acids is 1. The lowest BCUT2D eigenvalue weighted by molar-refractivity contribution is 0.0126. The highest BCUT2D eigenvalue weighted by Gasteiger charge is 2.27. The molecular weight excluding hydrogens is 400 g/mol. The summed E-state index contributed by atoms with van der Waals surface area (Å²) in [5.74, 6) is 0.862. The van der Waals surface area contributed by atoms with E-state index in [9.17, 15) is 4.79 Å². The van der Waals surface area contributed by atoms with Crippen molar-refractivity contribution in [2.75, 3.05) is 13.1 Å². The summed E-state index contributed by atoms with van der Waals surface area (Å²) in [7, 11) is 0. The van der Waals surface area contributed by atoms with Crippen LogP contribution in [0.3, 0.4) is 0 Å². The second kappa shape index (κ2) is 8.81. The first-order valence-electron chi connectivity index (χ1n) is 11.3. The zero-order valence-corrected chi connectivity index (χ0v) is 19.6. The molecule has 1 aliphatic rings. The van der Waals surface area contributed by atoms with Gasteiger partial charge in [0.25, 0.3) is 0 Å². The smallest absolute Gasteiger partial charge is 0.410 e. The van der Waals surface area contributed by atoms with Crippen molar-refractivity contribution >= 4 is 16.9 Å². The number of aryl methyl sites for hydroxylation is 2. The first-order chi connectivity index (χ1) is 15.2. The summed E-state index contributed by atoms with van der Waals surface area (Å²) in [6.07, 6.45) is 3.42. The number of likely N-dealkylation sites (tertiary alicyclic amines) is 1. The molecule has 0 bridgehead atoms. The van der Waals surface area contributed by atoms with Gasteiger partial charge in [-0.25, -0.2) is 4.79 Å². The number of carbonyl (C=O) groups is 1. The van der Waals surface area contributed by atoms with Crippen LogP contribution in [0.4, 0.5) is 4.79 Å². The van der Waals surface area contributed by atoms with Crippen molar-refractivity contribution in [3.63, 3.8) is 0 Å². The number of aromatic nitrogens is 1. The largest absolute Gasteiger partial charge is 0.490 e. The molecule has 0 atom stereocenters. The van der Waals surface area contributed by atoms with Crippen LogP contribution in [-0.2, 0) is 4.74 Å². The van der Waals surface area contributed by atoms with Gasteiger partial charge in [-0.1, -0.05) is 24.3 Å². The molecule has 0 aliphatic carbocycles. The fraction of sp³-hybridized carbons (Fsp3) is 0.407. The van der Waals surface area contributed by atoms with Crippen LogP contribution in [0.1, 0.15) is 44.9 Å². The Kier molecular flexibility index (Phi) is 6.09. The Morgan fingerprint density at radius 2 is 1.62 bits per heavy atom. The van der Waals surface area contributed by atoms with E-state index in [1.165, 1.54) is 21.9 Å². The van der Waals surface area contributed by atoms with Crippen LogP contribution in [0.25, 0.3) is 21.9 Å². The minimum atomic E-state index is -0.467. The number of benzene rings is 2. The molecule has 5 nitrogen and oxygen atoms in total. The molecule has 2 heterocycles. The van der Waals surface area contributed by atoms with E-state index in [0.29, 0.717) is 13.1 Å². The van der Waals surface area contributed by atoms with Crippen molar-refractivity contribution in [2.24, 2.45) is 0 Å². The van der Waals surface area contributed by atoms with Crippen LogP contribution in [0, 0.1) is 13.8 Å². The van der Waals surface area contributed by atoms with Gasteiger partial charge in [0, 0.05) is 43.2 Å². The predicted molar refractivity (Wildman–Crippen MR) is 128 cm³/mol. The molecule has 1 aromatic heterocycles. The summed E-state index contributed by atoms with van der Waals surface area (Å²) >= 11 is 0. The maximum Gasteiger partial charge on any atom is 0.410 e. The summed E-state index contributed by atoms with van der Waals surface area (Å²) in [6.45, 7) is 11.1. The van der Waals surface area contributed by atoms with Gasteiger partial charge in [0.15, 0.2) is 0 Å². The quantitative estimate of drug-likeness (QED) is 0.487. The van der Waals surface area contributed by atoms with Gasteiger partial charge in [-0.3, -0.25) is 4.98 Å². The van der Waals surface area contributed by atoms with E-state index in [2.05, 4.69) is 42.2 Å². The molecule has 1 fully saturated rings. The molecular formula is C27H32N2O3. The van der Waals surface area contributed by atoms with E-state index in [-0.39, 0.29) is 12.2 Å². The highest BCUT2D eigenvalue weighted by Crippen LogP contribution is 2.29. The lowest BCUT2D eigenvalue weighted by Gasteiger charge is -2.33. The third-order valence-electron chi connectivity index (χ3n) is 5.87. The van der Waals surface area contributed by atoms with Crippen molar-refractivity contribution < 1.29 is 14.3 Å². The summed E-state index contributed by atoms with van der Waals surface area (Å²) in [6, 6.07) is 14.8. The monoisotopic (exact) mass is 432 g/mol. The minimum Gasteiger partial charge on any atom is -0.490 e. The molecule has 1 amide bonds. The number of ether oxygens (including phenoxy) is 2. The Morgan fingerprint density at radius 3 is 2.28 bits per heavy atom. The maximum absolute atomic E-state index is 12.2. The summed E-state index contributed by atoms with van der Waals surface area (Å²) in [5.41, 5.74) is 4.12. The average molecular weight is 433 g/mol. The number of hydrogen-bond donors (Lipinski definition) is 0. The maximum atomic E-state index is 12.2. The molecule has 0 unspecified atom stereocenters. The van der Waals surface area contributed by atoms with Crippen molar-refractivity contribution in [2.45, 2.75) is 59.2 Å². The Bertz CT molecular complexity index is 1110. The normalized spacial score (nSPS) is 15.1. The first-order valence-corrected chi connectivity index (χ1v) is 11.3. The van der Waals surface area contributed by atoms with E-state index in [1.54, 1.807) is 4.90 Å². The van der Waals surface area contributed by atoms with Gasteiger partial charge in [-0.15, -0.1) is 0 Å². The molecule has 3 aromatic rings. The summed E-state index contributed by atoms with van der Waals surface area (Å²) in [4.78, 5) is 18.5. The van der Waals surface area contributed by atoms with Gasteiger partial charge in [-0.2, -0.15) is 0 Å². The number of fused-ring (bicyclic) bond motifs is 1. The van der Waals surface area contributed by atoms with Crippen molar-refractivity contribution in [1.29, 1.82) is 0 Å². The van der Waals surface area contributed by atoms with Crippen LogP contribution in [-0.4, -0.2) is 40.8 Å². The average Bonchev–Trinajstić information content (AvgIpc) is 2.76. The standard InChI is InChI=1S/C27H32N2O3/c1-18-17-28-19(2)24-11-8-21(16-25(18)24)20-6-9-22(10-7-20)31-23-12-14-29(15-13-23)26(30)32-27(3,4)5/h6-11,16-17,23H,12-15H2,1-5H3. The topological polar surface area (TPSA) is 51.7 Å². The van der Waals surface area contributed by atoms with Crippen LogP contribution < -0.4 is 4.74 Å². The number of piperidine rings is 1. The summed E-state index contributed by atoms with van der Waals surface area (Å²) < 4.78 is 11.7. The minimum absolute atomic E-state index is 0.110. The van der Waals surface area contributed by atoms with Gasteiger partial charge in [-0.05, 0) is 74.9 Å². The number of pyridine rings is 1.